The van der Waals surface area contributed by atoms with Crippen molar-refractivity contribution in [3.63, 3.8) is 0 Å². The maximum Gasteiger partial charge on any atom is 0.226 e. The quantitative estimate of drug-likeness (QED) is 0.309. The van der Waals surface area contributed by atoms with Crippen LogP contribution in [0.4, 0.5) is 5.95 Å². The van der Waals surface area contributed by atoms with E-state index in [0.29, 0.717) is 31.4 Å². The number of aromatic nitrogens is 6. The van der Waals surface area contributed by atoms with Crippen LogP contribution in [0.25, 0.3) is 33.2 Å². The van der Waals surface area contributed by atoms with Crippen LogP contribution in [0.15, 0.2) is 67.3 Å². The molecule has 0 aliphatic rings. The molecule has 0 atom stereocenters. The summed E-state index contributed by atoms with van der Waals surface area (Å²) in [5, 5.41) is 8.80. The van der Waals surface area contributed by atoms with Crippen molar-refractivity contribution in [3.8, 4) is 11.3 Å². The number of H-pyrrole nitrogens is 1. The number of rotatable bonds is 10. The topological polar surface area (TPSA) is 119 Å². The standard InChI is InChI=1S/C25H26N8O/c26-9-12-34-11-4-10-33(16-18-5-2-1-3-6-18)25-27-14-20-13-19(7-8-22(20)31-25)23-21-15-30-32-24(21)29-17-28-23/h1-3,5-8,13-15,17H,4,9-12,16,26H2,(H,28,29,30,32). The lowest BCUT2D eigenvalue weighted by molar-refractivity contribution is 0.140. The molecule has 0 saturated heterocycles. The van der Waals surface area contributed by atoms with E-state index in [-0.39, 0.29) is 0 Å². The Hall–Kier alpha value is -3.95. The molecule has 0 radical (unpaired) electrons. The van der Waals surface area contributed by atoms with Crippen LogP contribution in [-0.2, 0) is 11.3 Å². The van der Waals surface area contributed by atoms with Gasteiger partial charge in [-0.1, -0.05) is 36.4 Å². The molecular formula is C25H26N8O. The van der Waals surface area contributed by atoms with E-state index in [9.17, 15) is 0 Å². The van der Waals surface area contributed by atoms with Gasteiger partial charge in [0.1, 0.15) is 6.33 Å². The average molecular weight is 455 g/mol. The lowest BCUT2D eigenvalue weighted by Gasteiger charge is -2.23. The fraction of sp³-hybridized carbons (Fsp3) is 0.240. The SMILES string of the molecule is NCCOCCCN(Cc1ccccc1)c1ncc2cc(-c3ncnc4[nH]ncc34)ccc2n1. The fourth-order valence-electron chi connectivity index (χ4n) is 3.91. The van der Waals surface area contributed by atoms with Crippen molar-refractivity contribution in [2.24, 2.45) is 5.73 Å². The highest BCUT2D eigenvalue weighted by atomic mass is 16.5. The zero-order valence-electron chi connectivity index (χ0n) is 18.8. The van der Waals surface area contributed by atoms with Crippen LogP contribution in [0, 0.1) is 0 Å². The molecule has 9 nitrogen and oxygen atoms in total. The first-order chi connectivity index (χ1) is 16.8. The first-order valence-corrected chi connectivity index (χ1v) is 11.3. The molecule has 9 heteroatoms. The normalized spacial score (nSPS) is 11.3. The molecule has 34 heavy (non-hydrogen) atoms. The molecule has 3 N–H and O–H groups in total. The molecule has 2 aromatic carbocycles. The molecule has 172 valence electrons. The van der Waals surface area contributed by atoms with Crippen molar-refractivity contribution in [3.05, 3.63) is 72.8 Å². The third-order valence-electron chi connectivity index (χ3n) is 5.57. The summed E-state index contributed by atoms with van der Waals surface area (Å²) in [6.45, 7) is 3.26. The van der Waals surface area contributed by atoms with E-state index in [1.807, 2.05) is 36.5 Å². The number of ether oxygens (including phenoxy) is 1. The van der Waals surface area contributed by atoms with Gasteiger partial charge in [-0.3, -0.25) is 5.10 Å². The number of nitrogens with one attached hydrogen (secondary N) is 1. The van der Waals surface area contributed by atoms with Gasteiger partial charge in [-0.2, -0.15) is 5.10 Å². The number of hydrogen-bond donors (Lipinski definition) is 2. The molecule has 0 amide bonds. The van der Waals surface area contributed by atoms with Gasteiger partial charge in [-0.05, 0) is 24.1 Å². The second-order valence-electron chi connectivity index (χ2n) is 7.96. The Morgan fingerprint density at radius 2 is 1.88 bits per heavy atom. The second kappa shape index (κ2) is 10.3. The summed E-state index contributed by atoms with van der Waals surface area (Å²) in [6.07, 6.45) is 6.02. The summed E-state index contributed by atoms with van der Waals surface area (Å²) >= 11 is 0. The molecule has 3 heterocycles. The van der Waals surface area contributed by atoms with Crippen molar-refractivity contribution in [1.29, 1.82) is 0 Å². The number of aromatic amines is 1. The van der Waals surface area contributed by atoms with Crippen LogP contribution >= 0.6 is 0 Å². The zero-order valence-corrected chi connectivity index (χ0v) is 18.8. The number of fused-ring (bicyclic) bond motifs is 2. The fourth-order valence-corrected chi connectivity index (χ4v) is 3.91. The average Bonchev–Trinajstić information content (AvgIpc) is 3.37. The molecule has 0 unspecified atom stereocenters. The molecule has 0 bridgehead atoms. The van der Waals surface area contributed by atoms with E-state index >= 15 is 0 Å². The third kappa shape index (κ3) is 4.85. The van der Waals surface area contributed by atoms with Crippen molar-refractivity contribution < 1.29 is 4.74 Å². The van der Waals surface area contributed by atoms with Gasteiger partial charge in [0, 0.05) is 43.4 Å². The predicted molar refractivity (Wildman–Crippen MR) is 132 cm³/mol. The summed E-state index contributed by atoms with van der Waals surface area (Å²) in [5.41, 5.74) is 10.1. The third-order valence-corrected chi connectivity index (χ3v) is 5.57. The number of nitrogens with two attached hydrogens (primary N) is 1. The Morgan fingerprint density at radius 3 is 2.76 bits per heavy atom. The largest absolute Gasteiger partial charge is 0.380 e. The number of nitrogens with zero attached hydrogens (tertiary/aromatic N) is 6. The van der Waals surface area contributed by atoms with Gasteiger partial charge >= 0.3 is 0 Å². The Labute approximate surface area is 197 Å². The first kappa shape index (κ1) is 21.9. The summed E-state index contributed by atoms with van der Waals surface area (Å²) < 4.78 is 5.56. The molecule has 0 spiro atoms. The van der Waals surface area contributed by atoms with E-state index in [1.165, 1.54) is 5.56 Å². The molecule has 5 rings (SSSR count). The van der Waals surface area contributed by atoms with Gasteiger partial charge in [-0.15, -0.1) is 0 Å². The summed E-state index contributed by atoms with van der Waals surface area (Å²) in [4.78, 5) is 20.5. The van der Waals surface area contributed by atoms with E-state index in [1.54, 1.807) is 12.5 Å². The molecule has 5 aromatic rings. The van der Waals surface area contributed by atoms with Crippen molar-refractivity contribution in [2.75, 3.05) is 31.2 Å². The number of hydrogen-bond acceptors (Lipinski definition) is 8. The Bertz CT molecular complexity index is 1370. The van der Waals surface area contributed by atoms with Gasteiger partial charge in [-0.25, -0.2) is 19.9 Å². The van der Waals surface area contributed by atoms with Crippen LogP contribution in [0.1, 0.15) is 12.0 Å². The molecule has 0 aliphatic carbocycles. The van der Waals surface area contributed by atoms with Gasteiger partial charge < -0.3 is 15.4 Å². The van der Waals surface area contributed by atoms with Crippen molar-refractivity contribution in [2.45, 2.75) is 13.0 Å². The Kier molecular flexibility index (Phi) is 6.64. The second-order valence-corrected chi connectivity index (χ2v) is 7.96. The van der Waals surface area contributed by atoms with Crippen molar-refractivity contribution >= 4 is 27.9 Å². The summed E-state index contributed by atoms with van der Waals surface area (Å²) in [6, 6.07) is 16.4. The summed E-state index contributed by atoms with van der Waals surface area (Å²) in [5.74, 6) is 0.696. The maximum atomic E-state index is 5.56. The minimum Gasteiger partial charge on any atom is -0.380 e. The zero-order chi connectivity index (χ0) is 23.2. The van der Waals surface area contributed by atoms with Crippen LogP contribution in [0.2, 0.25) is 0 Å². The predicted octanol–water partition coefficient (Wildman–Crippen LogP) is 3.34. The molecule has 0 fully saturated rings. The van der Waals surface area contributed by atoms with Gasteiger partial charge in [0.25, 0.3) is 0 Å². The monoisotopic (exact) mass is 454 g/mol. The highest BCUT2D eigenvalue weighted by Crippen LogP contribution is 2.27. The minimum atomic E-state index is 0.532. The van der Waals surface area contributed by atoms with Crippen LogP contribution in [0.5, 0.6) is 0 Å². The summed E-state index contributed by atoms with van der Waals surface area (Å²) in [7, 11) is 0. The minimum absolute atomic E-state index is 0.532. The lowest BCUT2D eigenvalue weighted by atomic mass is 10.1. The lowest BCUT2D eigenvalue weighted by Crippen LogP contribution is -2.27. The molecule has 3 aromatic heterocycles. The van der Waals surface area contributed by atoms with Gasteiger partial charge in [0.05, 0.1) is 29.4 Å². The molecule has 0 aliphatic heterocycles. The smallest absolute Gasteiger partial charge is 0.226 e. The Balaban J connectivity index is 1.42. The van der Waals surface area contributed by atoms with E-state index < -0.39 is 0 Å². The molecule has 0 saturated carbocycles. The van der Waals surface area contributed by atoms with Crippen LogP contribution in [0.3, 0.4) is 0 Å². The first-order valence-electron chi connectivity index (χ1n) is 11.3. The maximum absolute atomic E-state index is 5.56. The van der Waals surface area contributed by atoms with Crippen LogP contribution < -0.4 is 10.6 Å². The van der Waals surface area contributed by atoms with Crippen LogP contribution in [-0.4, -0.2) is 56.4 Å². The van der Waals surface area contributed by atoms with E-state index in [2.05, 4.69) is 43.3 Å². The van der Waals surface area contributed by atoms with E-state index in [4.69, 9.17) is 20.4 Å². The number of benzene rings is 2. The Morgan fingerprint density at radius 1 is 0.971 bits per heavy atom. The van der Waals surface area contributed by atoms with Gasteiger partial charge in [0.2, 0.25) is 5.95 Å². The highest BCUT2D eigenvalue weighted by Gasteiger charge is 2.13. The highest BCUT2D eigenvalue weighted by molar-refractivity contribution is 5.93. The van der Waals surface area contributed by atoms with E-state index in [0.717, 1.165) is 47.1 Å². The van der Waals surface area contributed by atoms with Crippen molar-refractivity contribution in [1.82, 2.24) is 30.1 Å². The van der Waals surface area contributed by atoms with Gasteiger partial charge in [0.15, 0.2) is 5.65 Å². The molecular weight excluding hydrogens is 428 g/mol. The number of anilines is 1.